The van der Waals surface area contributed by atoms with E-state index < -0.39 is 5.54 Å². The summed E-state index contributed by atoms with van der Waals surface area (Å²) in [6.45, 7) is 5.16. The van der Waals surface area contributed by atoms with Crippen LogP contribution in [0.4, 0.5) is 10.1 Å². The first-order valence-electron chi connectivity index (χ1n) is 5.14. The molecule has 4 heteroatoms. The number of amides is 1. The lowest BCUT2D eigenvalue weighted by Gasteiger charge is -2.23. The van der Waals surface area contributed by atoms with E-state index in [0.717, 1.165) is 0 Å². The second kappa shape index (κ2) is 4.61. The third kappa shape index (κ3) is 2.58. The van der Waals surface area contributed by atoms with Gasteiger partial charge in [0.05, 0.1) is 5.54 Å². The van der Waals surface area contributed by atoms with Gasteiger partial charge in [0.2, 0.25) is 5.91 Å². The highest BCUT2D eigenvalue weighted by Gasteiger charge is 2.25. The van der Waals surface area contributed by atoms with Gasteiger partial charge in [-0.15, -0.1) is 0 Å². The molecule has 1 rings (SSSR count). The van der Waals surface area contributed by atoms with E-state index in [1.165, 1.54) is 6.07 Å². The summed E-state index contributed by atoms with van der Waals surface area (Å²) in [6, 6.07) is 4.63. The van der Waals surface area contributed by atoms with E-state index in [0.29, 0.717) is 11.3 Å². The summed E-state index contributed by atoms with van der Waals surface area (Å²) in [5, 5.41) is 5.59. The van der Waals surface area contributed by atoms with Crippen LogP contribution < -0.4 is 10.6 Å². The number of hydrogen-bond acceptors (Lipinski definition) is 2. The van der Waals surface area contributed by atoms with E-state index in [-0.39, 0.29) is 11.7 Å². The topological polar surface area (TPSA) is 41.1 Å². The quantitative estimate of drug-likeness (QED) is 0.825. The Balaban J connectivity index is 2.90. The first-order chi connectivity index (χ1) is 7.38. The molecule has 1 aromatic rings. The number of rotatable bonds is 3. The van der Waals surface area contributed by atoms with E-state index in [9.17, 15) is 9.18 Å². The normalized spacial score (nSPS) is 11.3. The minimum absolute atomic E-state index is 0.191. The number of carbonyl (C=O) groups is 1. The molecule has 0 bridgehead atoms. The van der Waals surface area contributed by atoms with E-state index in [1.54, 1.807) is 40.0 Å². The highest BCUT2D eigenvalue weighted by Crippen LogP contribution is 2.18. The lowest BCUT2D eigenvalue weighted by molar-refractivity contribution is -0.121. The minimum Gasteiger partial charge on any atom is -0.324 e. The summed E-state index contributed by atoms with van der Waals surface area (Å²) in [6.07, 6.45) is 0. The smallest absolute Gasteiger partial charge is 0.244 e. The second-order valence-corrected chi connectivity index (χ2v) is 4.24. The number of carbonyl (C=O) groups excluding carboxylic acids is 1. The zero-order valence-corrected chi connectivity index (χ0v) is 10.0. The van der Waals surface area contributed by atoms with Gasteiger partial charge in [0.15, 0.2) is 0 Å². The van der Waals surface area contributed by atoms with Crippen LogP contribution in [0.3, 0.4) is 0 Å². The van der Waals surface area contributed by atoms with Gasteiger partial charge in [-0.3, -0.25) is 4.79 Å². The molecule has 0 aliphatic carbocycles. The van der Waals surface area contributed by atoms with Crippen LogP contribution in [-0.2, 0) is 4.79 Å². The van der Waals surface area contributed by atoms with Crippen molar-refractivity contribution in [2.75, 3.05) is 12.4 Å². The Labute approximate surface area is 95.0 Å². The van der Waals surface area contributed by atoms with Crippen LogP contribution in [0, 0.1) is 12.7 Å². The van der Waals surface area contributed by atoms with Crippen molar-refractivity contribution >= 4 is 11.6 Å². The Bertz CT molecular complexity index is 402. The van der Waals surface area contributed by atoms with Crippen molar-refractivity contribution in [3.8, 4) is 0 Å². The highest BCUT2D eigenvalue weighted by atomic mass is 19.1. The van der Waals surface area contributed by atoms with Gasteiger partial charge in [0, 0.05) is 11.3 Å². The Morgan fingerprint density at radius 2 is 2.00 bits per heavy atom. The predicted octanol–water partition coefficient (Wildman–Crippen LogP) is 2.07. The van der Waals surface area contributed by atoms with Gasteiger partial charge in [0.1, 0.15) is 5.82 Å². The summed E-state index contributed by atoms with van der Waals surface area (Å²) < 4.78 is 13.2. The molecule has 3 nitrogen and oxygen atoms in total. The molecule has 0 aliphatic rings. The van der Waals surface area contributed by atoms with Crippen molar-refractivity contribution in [3.05, 3.63) is 29.6 Å². The molecule has 0 heterocycles. The summed E-state index contributed by atoms with van der Waals surface area (Å²) in [7, 11) is 1.71. The fraction of sp³-hybridized carbons (Fsp3) is 0.417. The lowest BCUT2D eigenvalue weighted by Crippen LogP contribution is -2.48. The maximum absolute atomic E-state index is 13.2. The Kier molecular flexibility index (Phi) is 3.65. The molecule has 88 valence electrons. The molecule has 0 unspecified atom stereocenters. The number of benzene rings is 1. The number of hydrogen-bond donors (Lipinski definition) is 2. The Hall–Kier alpha value is -1.42. The lowest BCUT2D eigenvalue weighted by atomic mass is 10.0. The third-order valence-electron chi connectivity index (χ3n) is 2.71. The summed E-state index contributed by atoms with van der Waals surface area (Å²) in [5.74, 6) is -0.510. The fourth-order valence-electron chi connectivity index (χ4n) is 1.13. The van der Waals surface area contributed by atoms with Crippen molar-refractivity contribution < 1.29 is 9.18 Å². The Morgan fingerprint density at radius 3 is 2.56 bits per heavy atom. The first-order valence-corrected chi connectivity index (χ1v) is 5.14. The molecule has 1 aromatic carbocycles. The van der Waals surface area contributed by atoms with Gasteiger partial charge >= 0.3 is 0 Å². The molecular formula is C12H17FN2O. The first kappa shape index (κ1) is 12.6. The average molecular weight is 224 g/mol. The monoisotopic (exact) mass is 224 g/mol. The maximum atomic E-state index is 13.2. The number of likely N-dealkylation sites (N-methyl/N-ethyl adjacent to an activating group) is 1. The summed E-state index contributed by atoms with van der Waals surface area (Å²) in [5.41, 5.74) is 0.273. The van der Waals surface area contributed by atoms with Crippen LogP contribution in [0.5, 0.6) is 0 Å². The molecule has 0 aromatic heterocycles. The van der Waals surface area contributed by atoms with Crippen molar-refractivity contribution in [2.24, 2.45) is 0 Å². The van der Waals surface area contributed by atoms with Crippen LogP contribution >= 0.6 is 0 Å². The molecular weight excluding hydrogens is 207 g/mol. The van der Waals surface area contributed by atoms with Crippen LogP contribution in [0.2, 0.25) is 0 Å². The van der Waals surface area contributed by atoms with Crippen molar-refractivity contribution in [2.45, 2.75) is 26.3 Å². The molecule has 0 spiro atoms. The molecule has 16 heavy (non-hydrogen) atoms. The molecule has 0 radical (unpaired) electrons. The van der Waals surface area contributed by atoms with Crippen molar-refractivity contribution in [1.82, 2.24) is 5.32 Å². The van der Waals surface area contributed by atoms with Crippen LogP contribution in [0.1, 0.15) is 19.4 Å². The standard InChI is InChI=1S/C12H17FN2O/c1-8-9(13)6-5-7-10(8)15-11(16)12(2,3)14-4/h5-7,14H,1-4H3,(H,15,16). The van der Waals surface area contributed by atoms with Crippen LogP contribution in [-0.4, -0.2) is 18.5 Å². The Morgan fingerprint density at radius 1 is 1.38 bits per heavy atom. The molecule has 0 atom stereocenters. The van der Waals surface area contributed by atoms with Crippen LogP contribution in [0.25, 0.3) is 0 Å². The van der Waals surface area contributed by atoms with E-state index in [4.69, 9.17) is 0 Å². The number of anilines is 1. The maximum Gasteiger partial charge on any atom is 0.244 e. The summed E-state index contributed by atoms with van der Waals surface area (Å²) in [4.78, 5) is 11.8. The van der Waals surface area contributed by atoms with Gasteiger partial charge < -0.3 is 10.6 Å². The molecule has 0 saturated heterocycles. The van der Waals surface area contributed by atoms with Gasteiger partial charge in [0.25, 0.3) is 0 Å². The number of halogens is 1. The van der Waals surface area contributed by atoms with Gasteiger partial charge in [-0.2, -0.15) is 0 Å². The molecule has 0 fully saturated rings. The van der Waals surface area contributed by atoms with E-state index >= 15 is 0 Å². The number of nitrogens with one attached hydrogen (secondary N) is 2. The molecule has 0 saturated carbocycles. The zero-order valence-electron chi connectivity index (χ0n) is 10.0. The molecule has 0 aliphatic heterocycles. The molecule has 1 amide bonds. The largest absolute Gasteiger partial charge is 0.324 e. The second-order valence-electron chi connectivity index (χ2n) is 4.24. The average Bonchev–Trinajstić information content (AvgIpc) is 2.24. The third-order valence-corrected chi connectivity index (χ3v) is 2.71. The van der Waals surface area contributed by atoms with E-state index in [2.05, 4.69) is 10.6 Å². The van der Waals surface area contributed by atoms with Crippen molar-refractivity contribution in [1.29, 1.82) is 0 Å². The molecule has 2 N–H and O–H groups in total. The highest BCUT2D eigenvalue weighted by molar-refractivity contribution is 5.98. The predicted molar refractivity (Wildman–Crippen MR) is 62.9 cm³/mol. The van der Waals surface area contributed by atoms with Gasteiger partial charge in [-0.1, -0.05) is 6.07 Å². The van der Waals surface area contributed by atoms with E-state index in [1.807, 2.05) is 0 Å². The van der Waals surface area contributed by atoms with Gasteiger partial charge in [-0.05, 0) is 40.0 Å². The van der Waals surface area contributed by atoms with Crippen molar-refractivity contribution in [3.63, 3.8) is 0 Å². The summed E-state index contributed by atoms with van der Waals surface area (Å²) >= 11 is 0. The zero-order chi connectivity index (χ0) is 12.3. The minimum atomic E-state index is -0.682. The van der Waals surface area contributed by atoms with Crippen LogP contribution in [0.15, 0.2) is 18.2 Å². The fourth-order valence-corrected chi connectivity index (χ4v) is 1.13. The van der Waals surface area contributed by atoms with Gasteiger partial charge in [-0.25, -0.2) is 4.39 Å². The SMILES string of the molecule is CNC(C)(C)C(=O)Nc1cccc(F)c1C.